The predicted molar refractivity (Wildman–Crippen MR) is 136 cm³/mol. The number of halogens is 1. The number of likely N-dealkylation sites (tertiary alicyclic amines) is 1. The number of nitrogens with zero attached hydrogens (tertiary/aromatic N) is 3. The number of ether oxygens (including phenoxy) is 2. The zero-order chi connectivity index (χ0) is 24.3. The summed E-state index contributed by atoms with van der Waals surface area (Å²) in [6.07, 6.45) is 7.04. The molecule has 190 valence electrons. The second-order valence-electron chi connectivity index (χ2n) is 9.11. The minimum atomic E-state index is 0.222. The van der Waals surface area contributed by atoms with Crippen molar-refractivity contribution in [3.8, 4) is 5.75 Å². The number of nitrogens with two attached hydrogens (primary N) is 1. The number of benzene rings is 1. The first kappa shape index (κ1) is 26.6. The molecule has 3 aliphatic rings. The molecule has 2 fully saturated rings. The lowest BCUT2D eigenvalue weighted by molar-refractivity contribution is -0.115. The molecule has 10 heteroatoms. The lowest BCUT2D eigenvalue weighted by atomic mass is 9.96. The summed E-state index contributed by atoms with van der Waals surface area (Å²) >= 11 is 6.15. The molecule has 34 heavy (non-hydrogen) atoms. The summed E-state index contributed by atoms with van der Waals surface area (Å²) in [5, 5.41) is 6.88. The van der Waals surface area contributed by atoms with E-state index in [1.807, 2.05) is 6.07 Å². The number of rotatable bonds is 8. The second-order valence-corrected chi connectivity index (χ2v) is 9.52. The Labute approximate surface area is 208 Å². The van der Waals surface area contributed by atoms with Crippen molar-refractivity contribution in [2.24, 2.45) is 5.92 Å². The molecule has 1 atom stereocenters. The molecule has 2 saturated heterocycles. The third-order valence-electron chi connectivity index (χ3n) is 6.46. The summed E-state index contributed by atoms with van der Waals surface area (Å²) in [6, 6.07) is 3.65. The fraction of sp³-hybridized carbons (Fsp3) is 0.625. The molecule has 3 heterocycles. The van der Waals surface area contributed by atoms with Gasteiger partial charge in [-0.3, -0.25) is 9.69 Å². The van der Waals surface area contributed by atoms with Crippen molar-refractivity contribution in [3.63, 3.8) is 0 Å². The van der Waals surface area contributed by atoms with E-state index in [1.165, 1.54) is 37.4 Å². The van der Waals surface area contributed by atoms with Crippen LogP contribution in [0.4, 0.5) is 5.69 Å². The molecule has 0 spiro atoms. The van der Waals surface area contributed by atoms with Gasteiger partial charge in [-0.25, -0.2) is 0 Å². The Hall–Kier alpha value is -2.04. The molecule has 1 unspecified atom stereocenters. The number of methoxy groups -OCH3 is 1. The van der Waals surface area contributed by atoms with Crippen LogP contribution in [0.2, 0.25) is 5.02 Å². The van der Waals surface area contributed by atoms with E-state index in [-0.39, 0.29) is 6.10 Å². The SMILES string of the molecule is COc1cc(N)c(Cl)cc1CNCC1CN(CC2CCN(C)CC2)CCO1.O=CN1C=CNC1. The van der Waals surface area contributed by atoms with Crippen LogP contribution in [-0.4, -0.2) is 93.9 Å². The fourth-order valence-electron chi connectivity index (χ4n) is 4.42. The van der Waals surface area contributed by atoms with Crippen LogP contribution in [0.5, 0.6) is 5.75 Å². The average Bonchev–Trinajstić information content (AvgIpc) is 3.37. The van der Waals surface area contributed by atoms with Crippen molar-refractivity contribution in [2.75, 3.05) is 72.4 Å². The van der Waals surface area contributed by atoms with E-state index < -0.39 is 0 Å². The van der Waals surface area contributed by atoms with Crippen LogP contribution >= 0.6 is 11.6 Å². The van der Waals surface area contributed by atoms with Gasteiger partial charge in [-0.2, -0.15) is 0 Å². The Balaban J connectivity index is 0.000000396. The van der Waals surface area contributed by atoms with Gasteiger partial charge < -0.3 is 35.6 Å². The number of hydrogen-bond donors (Lipinski definition) is 3. The zero-order valence-corrected chi connectivity index (χ0v) is 21.1. The summed E-state index contributed by atoms with van der Waals surface area (Å²) in [5.74, 6) is 1.59. The van der Waals surface area contributed by atoms with Crippen LogP contribution in [0.3, 0.4) is 0 Å². The molecule has 1 aromatic rings. The molecule has 0 bridgehead atoms. The van der Waals surface area contributed by atoms with E-state index in [0.717, 1.165) is 49.9 Å². The smallest absolute Gasteiger partial charge is 0.215 e. The number of piperidine rings is 1. The monoisotopic (exact) mass is 494 g/mol. The summed E-state index contributed by atoms with van der Waals surface area (Å²) in [7, 11) is 3.87. The number of hydrogen-bond acceptors (Lipinski definition) is 8. The summed E-state index contributed by atoms with van der Waals surface area (Å²) < 4.78 is 11.4. The minimum absolute atomic E-state index is 0.222. The quantitative estimate of drug-likeness (QED) is 0.370. The number of carbonyl (C=O) groups is 1. The van der Waals surface area contributed by atoms with Crippen molar-refractivity contribution >= 4 is 23.7 Å². The normalized spacial score (nSPS) is 21.6. The highest BCUT2D eigenvalue weighted by Crippen LogP contribution is 2.28. The van der Waals surface area contributed by atoms with Crippen molar-refractivity contribution in [1.82, 2.24) is 25.3 Å². The molecule has 9 nitrogen and oxygen atoms in total. The van der Waals surface area contributed by atoms with Crippen LogP contribution in [-0.2, 0) is 16.1 Å². The van der Waals surface area contributed by atoms with Crippen LogP contribution < -0.4 is 21.1 Å². The van der Waals surface area contributed by atoms with Gasteiger partial charge in [0.05, 0.1) is 37.2 Å². The van der Waals surface area contributed by atoms with Gasteiger partial charge in [0.2, 0.25) is 6.41 Å². The van der Waals surface area contributed by atoms with Crippen LogP contribution in [0.1, 0.15) is 18.4 Å². The van der Waals surface area contributed by atoms with Crippen LogP contribution in [0.15, 0.2) is 24.5 Å². The molecule has 4 rings (SSSR count). The van der Waals surface area contributed by atoms with Gasteiger partial charge in [-0.05, 0) is 45.0 Å². The number of anilines is 1. The van der Waals surface area contributed by atoms with E-state index in [0.29, 0.717) is 23.9 Å². The van der Waals surface area contributed by atoms with E-state index in [2.05, 4.69) is 27.5 Å². The van der Waals surface area contributed by atoms with Crippen molar-refractivity contribution < 1.29 is 14.3 Å². The minimum Gasteiger partial charge on any atom is -0.496 e. The Morgan fingerprint density at radius 3 is 2.76 bits per heavy atom. The van der Waals surface area contributed by atoms with E-state index in [4.69, 9.17) is 26.8 Å². The van der Waals surface area contributed by atoms with Crippen molar-refractivity contribution in [2.45, 2.75) is 25.5 Å². The van der Waals surface area contributed by atoms with Crippen LogP contribution in [0.25, 0.3) is 0 Å². The van der Waals surface area contributed by atoms with Crippen LogP contribution in [0, 0.1) is 5.92 Å². The third kappa shape index (κ3) is 8.32. The largest absolute Gasteiger partial charge is 0.496 e. The molecular formula is C24H39ClN6O3. The standard InChI is InChI=1S/C20H33ClN4O2.C4H6N2O/c1-24-5-3-15(4-6-24)13-25-7-8-27-17(14-25)12-23-11-16-9-18(21)19(22)10-20(16)26-2;7-4-6-2-1-5-3-6/h9-10,15,17,23H,3-8,11-14,22H2,1-2H3;1-2,4-5H,3H2. The molecule has 3 aliphatic heterocycles. The average molecular weight is 495 g/mol. The van der Waals surface area contributed by atoms with Crippen molar-refractivity contribution in [3.05, 3.63) is 35.1 Å². The first-order chi connectivity index (χ1) is 16.5. The first-order valence-corrected chi connectivity index (χ1v) is 12.3. The molecule has 0 saturated carbocycles. The van der Waals surface area contributed by atoms with E-state index >= 15 is 0 Å². The Kier molecular flexibility index (Phi) is 10.7. The lowest BCUT2D eigenvalue weighted by Crippen LogP contribution is -2.48. The molecule has 0 aliphatic carbocycles. The third-order valence-corrected chi connectivity index (χ3v) is 6.79. The number of carbonyl (C=O) groups excluding carboxylic acids is 1. The van der Waals surface area contributed by atoms with Gasteiger partial charge in [0.25, 0.3) is 0 Å². The summed E-state index contributed by atoms with van der Waals surface area (Å²) in [4.78, 5) is 16.4. The molecule has 0 radical (unpaired) electrons. The maximum atomic E-state index is 9.84. The van der Waals surface area contributed by atoms with Crippen molar-refractivity contribution in [1.29, 1.82) is 0 Å². The molecular weight excluding hydrogens is 456 g/mol. The van der Waals surface area contributed by atoms with Gasteiger partial charge in [-0.15, -0.1) is 0 Å². The topological polar surface area (TPSA) is 95.3 Å². The first-order valence-electron chi connectivity index (χ1n) is 11.9. The highest BCUT2D eigenvalue weighted by atomic mass is 35.5. The van der Waals surface area contributed by atoms with E-state index in [1.54, 1.807) is 25.6 Å². The molecule has 0 aromatic heterocycles. The van der Waals surface area contributed by atoms with Gasteiger partial charge in [0.15, 0.2) is 0 Å². The maximum Gasteiger partial charge on any atom is 0.215 e. The fourth-order valence-corrected chi connectivity index (χ4v) is 4.60. The second kappa shape index (κ2) is 13.7. The Bertz CT molecular complexity index is 803. The molecule has 4 N–H and O–H groups in total. The number of amides is 1. The number of morpholine rings is 1. The summed E-state index contributed by atoms with van der Waals surface area (Å²) in [6.45, 7) is 8.63. The Morgan fingerprint density at radius 1 is 1.32 bits per heavy atom. The highest BCUT2D eigenvalue weighted by Gasteiger charge is 2.24. The van der Waals surface area contributed by atoms with Gasteiger partial charge in [0, 0.05) is 56.8 Å². The van der Waals surface area contributed by atoms with E-state index in [9.17, 15) is 4.79 Å². The Morgan fingerprint density at radius 2 is 2.12 bits per heavy atom. The lowest BCUT2D eigenvalue weighted by Gasteiger charge is -2.37. The summed E-state index contributed by atoms with van der Waals surface area (Å²) in [5.41, 5.74) is 7.40. The van der Waals surface area contributed by atoms with Gasteiger partial charge >= 0.3 is 0 Å². The van der Waals surface area contributed by atoms with Gasteiger partial charge in [-0.1, -0.05) is 11.6 Å². The highest BCUT2D eigenvalue weighted by molar-refractivity contribution is 6.33. The maximum absolute atomic E-state index is 9.84. The predicted octanol–water partition coefficient (Wildman–Crippen LogP) is 1.54. The molecule has 1 amide bonds. The number of nitrogen functional groups attached to an aromatic ring is 1. The van der Waals surface area contributed by atoms with Gasteiger partial charge in [0.1, 0.15) is 5.75 Å². The zero-order valence-electron chi connectivity index (χ0n) is 20.3. The number of nitrogens with one attached hydrogen (secondary N) is 2. The molecule has 1 aromatic carbocycles.